The molecule has 0 aliphatic rings. The van der Waals surface area contributed by atoms with E-state index in [-0.39, 0.29) is 80.0 Å². The minimum atomic E-state index is -4.97. The Labute approximate surface area is 408 Å². The van der Waals surface area contributed by atoms with Crippen molar-refractivity contribution in [2.45, 2.75) is 19.6 Å². The van der Waals surface area contributed by atoms with E-state index in [0.717, 1.165) is 23.9 Å². The zero-order chi connectivity index (χ0) is 47.2. The van der Waals surface area contributed by atoms with Gasteiger partial charge in [-0.05, 0) is 96.4 Å². The summed E-state index contributed by atoms with van der Waals surface area (Å²) in [6, 6.07) is 32.9. The van der Waals surface area contributed by atoms with E-state index in [2.05, 4.69) is 36.0 Å². The van der Waals surface area contributed by atoms with Crippen molar-refractivity contribution in [2.75, 3.05) is 5.32 Å². The van der Waals surface area contributed by atoms with Gasteiger partial charge in [0.1, 0.15) is 21.2 Å². The van der Waals surface area contributed by atoms with Crippen LogP contribution in [0.5, 0.6) is 5.75 Å². The topological polar surface area (TPSA) is 359 Å². The van der Waals surface area contributed by atoms with Crippen molar-refractivity contribution in [1.29, 1.82) is 0 Å². The molecule has 26 heteroatoms. The minimum absolute atomic E-state index is 0. The maximum absolute atomic E-state index is 12.6. The third kappa shape index (κ3) is 10.9. The van der Waals surface area contributed by atoms with Crippen LogP contribution < -0.4 is 41.0 Å². The Morgan fingerprint density at radius 2 is 0.838 bits per heavy atom. The van der Waals surface area contributed by atoms with Gasteiger partial charge in [-0.1, -0.05) is 48.5 Å². The molecule has 0 spiro atoms. The van der Waals surface area contributed by atoms with Crippen molar-refractivity contribution in [3.63, 3.8) is 0 Å². The predicted molar refractivity (Wildman–Crippen MR) is 246 cm³/mol. The quantitative estimate of drug-likeness (QED) is 0.0346. The Kier molecular flexibility index (Phi) is 14.7. The maximum Gasteiger partial charge on any atom is 1.00 e. The van der Waals surface area contributed by atoms with Crippen LogP contribution in [-0.2, 0) is 40.5 Å². The van der Waals surface area contributed by atoms with Crippen molar-refractivity contribution in [1.82, 2.24) is 6.15 Å². The summed E-state index contributed by atoms with van der Waals surface area (Å²) in [5.41, 5.74) is 0.547. The van der Waals surface area contributed by atoms with Crippen LogP contribution in [0.25, 0.3) is 32.3 Å². The van der Waals surface area contributed by atoms with Gasteiger partial charge in [-0.25, -0.2) is 0 Å². The van der Waals surface area contributed by atoms with E-state index in [0.29, 0.717) is 28.6 Å². The van der Waals surface area contributed by atoms with Gasteiger partial charge in [0.15, 0.2) is 5.75 Å². The van der Waals surface area contributed by atoms with Gasteiger partial charge >= 0.3 is 29.6 Å². The molecule has 0 unspecified atom stereocenters. The molecule has 0 amide bonds. The van der Waals surface area contributed by atoms with E-state index in [9.17, 15) is 57.0 Å². The number of benzene rings is 8. The molecule has 21 nitrogen and oxygen atoms in total. The van der Waals surface area contributed by atoms with E-state index in [1.807, 2.05) is 30.3 Å². The number of hydrogen-bond acceptors (Lipinski definition) is 17. The van der Waals surface area contributed by atoms with Crippen LogP contribution in [-0.4, -0.2) is 57.0 Å². The van der Waals surface area contributed by atoms with Gasteiger partial charge < -0.3 is 16.6 Å². The first-order valence-corrected chi connectivity index (χ1v) is 24.4. The number of anilines is 2. The molecule has 0 radical (unpaired) electrons. The molecule has 8 aromatic carbocycles. The van der Waals surface area contributed by atoms with E-state index >= 15 is 0 Å². The minimum Gasteiger partial charge on any atom is -0.505 e. The number of phenolic OH excluding ortho intramolecular Hbond substituents is 1. The molecule has 0 aromatic heterocycles. The zero-order valence-electron chi connectivity index (χ0n) is 34.8. The fraction of sp³-hybridized carbons (Fsp3) is 0. The Morgan fingerprint density at radius 1 is 0.382 bits per heavy atom. The number of azo groups is 3. The van der Waals surface area contributed by atoms with Gasteiger partial charge in [-0.15, -0.1) is 30.7 Å². The van der Waals surface area contributed by atoms with Crippen molar-refractivity contribution in [2.24, 2.45) is 30.7 Å². The van der Waals surface area contributed by atoms with Crippen LogP contribution in [0.3, 0.4) is 0 Å². The Balaban J connectivity index is 0.00000381. The fourth-order valence-electron chi connectivity index (χ4n) is 6.76. The summed E-state index contributed by atoms with van der Waals surface area (Å²) < 4.78 is 136. The number of nitrogens with zero attached hydrogens (tertiary/aromatic N) is 6. The molecular formula is C42H32N8NaO13S4+. The average molecular weight is 1010 g/mol. The average Bonchev–Trinajstić information content (AvgIpc) is 3.26. The van der Waals surface area contributed by atoms with Crippen molar-refractivity contribution in [3.05, 3.63) is 140 Å². The summed E-state index contributed by atoms with van der Waals surface area (Å²) in [6.07, 6.45) is 0. The maximum atomic E-state index is 12.6. The van der Waals surface area contributed by atoms with Crippen LogP contribution in [0.15, 0.2) is 190 Å². The van der Waals surface area contributed by atoms with Gasteiger partial charge in [-0.2, -0.15) is 33.7 Å². The second-order valence-electron chi connectivity index (χ2n) is 14.1. The summed E-state index contributed by atoms with van der Waals surface area (Å²) in [5, 5.41) is 40.9. The first kappa shape index (κ1) is 50.9. The summed E-state index contributed by atoms with van der Waals surface area (Å²) in [6.45, 7) is 0. The number of phenols is 1. The zero-order valence-corrected chi connectivity index (χ0v) is 40.1. The molecule has 0 atom stereocenters. The third-order valence-electron chi connectivity index (χ3n) is 9.80. The van der Waals surface area contributed by atoms with Crippen LogP contribution in [0.1, 0.15) is 0 Å². The molecule has 8 rings (SSSR count). The molecule has 8 aromatic rings. The summed E-state index contributed by atoms with van der Waals surface area (Å²) in [4.78, 5) is -2.85. The Bertz CT molecular complexity index is 3880. The standard InChI is InChI=1S/C42H29N7O13S4.H3N.Na/c50-42-29-13-10-26(43-25-6-2-1-3-7-25)20-24(29)21-40(66(60,61)62)41(42)49-47-35-16-15-34(30-8-4-5-9-31(30)35)44-46-37-18-17-36(32-14-11-27(22-33(32)37)63(51,52)53)45-48-38-23-28(64(54,55)56)12-19-39(38)65(57,58)59;;/h1-23,43,50H,(H,51,52,53)(H,54,55,56)(H,57,58,59)(H,60,61,62);1H3;/q;;+1. The molecule has 0 bridgehead atoms. The molecule has 0 saturated carbocycles. The summed E-state index contributed by atoms with van der Waals surface area (Å²) in [5.74, 6) is -0.559. The normalized spacial score (nSPS) is 12.5. The van der Waals surface area contributed by atoms with Crippen LogP contribution in [0.2, 0.25) is 0 Å². The van der Waals surface area contributed by atoms with Crippen molar-refractivity contribution in [3.8, 4) is 5.75 Å². The smallest absolute Gasteiger partial charge is 0.505 e. The van der Waals surface area contributed by atoms with Crippen LogP contribution >= 0.6 is 0 Å². The van der Waals surface area contributed by atoms with E-state index < -0.39 is 77.2 Å². The van der Waals surface area contributed by atoms with Gasteiger partial charge in [0.05, 0.1) is 32.5 Å². The Morgan fingerprint density at radius 3 is 1.38 bits per heavy atom. The van der Waals surface area contributed by atoms with Crippen LogP contribution in [0.4, 0.5) is 45.5 Å². The van der Waals surface area contributed by atoms with Gasteiger partial charge in [0.25, 0.3) is 40.5 Å². The fourth-order valence-corrected chi connectivity index (χ4v) is 9.03. The van der Waals surface area contributed by atoms with E-state index in [1.165, 1.54) is 36.4 Å². The molecule has 342 valence electrons. The van der Waals surface area contributed by atoms with Gasteiger partial charge in [0, 0.05) is 38.3 Å². The largest absolute Gasteiger partial charge is 1.00 e. The number of para-hydroxylation sites is 1. The molecule has 68 heavy (non-hydrogen) atoms. The number of rotatable bonds is 12. The predicted octanol–water partition coefficient (Wildman–Crippen LogP) is 7.99. The summed E-state index contributed by atoms with van der Waals surface area (Å²) >= 11 is 0. The second kappa shape index (κ2) is 19.6. The molecule has 0 heterocycles. The van der Waals surface area contributed by atoms with E-state index in [4.69, 9.17) is 0 Å². The molecule has 0 fully saturated rings. The van der Waals surface area contributed by atoms with Gasteiger partial charge in [0.2, 0.25) is 0 Å². The molecule has 0 aliphatic carbocycles. The SMILES string of the molecule is N.O=S(=O)(O)c1ccc(S(=O)(=O)O)c(N=Nc2ccc(N=Nc3ccc(N=Nc4c(S(=O)(=O)O)cc5cc(Nc6ccccc6)ccc5c4O)c4ccccc34)c3cc(S(=O)(=O)O)ccc23)c1.[Na+]. The van der Waals surface area contributed by atoms with E-state index in [1.54, 1.807) is 42.5 Å². The number of hydrogen-bond donors (Lipinski definition) is 7. The first-order chi connectivity index (χ1) is 31.1. The molecular weight excluding hydrogens is 976 g/mol. The molecule has 9 N–H and O–H groups in total. The second-order valence-corrected chi connectivity index (χ2v) is 19.7. The Hall–Kier alpha value is -6.46. The summed E-state index contributed by atoms with van der Waals surface area (Å²) in [7, 11) is -19.5. The van der Waals surface area contributed by atoms with Crippen molar-refractivity contribution >= 4 is 118 Å². The number of nitrogens with one attached hydrogen (secondary N) is 1. The van der Waals surface area contributed by atoms with Gasteiger partial charge in [-0.3, -0.25) is 18.2 Å². The number of aromatic hydroxyl groups is 1. The number of fused-ring (bicyclic) bond motifs is 3. The monoisotopic (exact) mass is 1010 g/mol. The van der Waals surface area contributed by atoms with Crippen molar-refractivity contribution < 1.29 is 86.5 Å². The van der Waals surface area contributed by atoms with Crippen LogP contribution in [0, 0.1) is 0 Å². The third-order valence-corrected chi connectivity index (χ3v) is 13.3. The molecule has 0 saturated heterocycles. The first-order valence-electron chi connectivity index (χ1n) is 18.6. The molecule has 0 aliphatic heterocycles.